The number of nitrogens with one attached hydrogen (secondary N) is 1. The van der Waals surface area contributed by atoms with E-state index < -0.39 is 5.91 Å². The van der Waals surface area contributed by atoms with Crippen LogP contribution < -0.4 is 11.1 Å². The van der Waals surface area contributed by atoms with Crippen LogP contribution in [-0.4, -0.2) is 11.8 Å². The number of hydrogen-bond donors (Lipinski definition) is 2. The summed E-state index contributed by atoms with van der Waals surface area (Å²) in [6.45, 7) is 2.03. The van der Waals surface area contributed by atoms with Crippen molar-refractivity contribution in [2.24, 2.45) is 5.73 Å². The van der Waals surface area contributed by atoms with Gasteiger partial charge in [-0.25, -0.2) is 0 Å². The lowest BCUT2D eigenvalue weighted by Gasteiger charge is -2.20. The monoisotopic (exact) mass is 344 g/mol. The Morgan fingerprint density at radius 3 is 1.88 bits per heavy atom. The standard InChI is InChI=1S/C22H20N2O2/c1-15-7-9-17(10-8-15)20(16-5-3-2-4-6-16)24-22(26)19-13-11-18(12-14-19)21(23)25/h2-14,20H,1H3,(H2,23,25)(H,24,26). The molecule has 3 N–H and O–H groups in total. The molecule has 2 amide bonds. The molecule has 1 unspecified atom stereocenters. The molecule has 0 radical (unpaired) electrons. The molecule has 3 rings (SSSR count). The lowest BCUT2D eigenvalue weighted by Crippen LogP contribution is -2.29. The maximum absolute atomic E-state index is 12.7. The van der Waals surface area contributed by atoms with E-state index in [0.29, 0.717) is 11.1 Å². The van der Waals surface area contributed by atoms with Crippen molar-refractivity contribution in [2.45, 2.75) is 13.0 Å². The summed E-state index contributed by atoms with van der Waals surface area (Å²) in [7, 11) is 0. The van der Waals surface area contributed by atoms with Crippen molar-refractivity contribution in [2.75, 3.05) is 0 Å². The van der Waals surface area contributed by atoms with Crippen molar-refractivity contribution in [1.82, 2.24) is 5.32 Å². The highest BCUT2D eigenvalue weighted by Crippen LogP contribution is 2.23. The van der Waals surface area contributed by atoms with Crippen molar-refractivity contribution in [3.8, 4) is 0 Å². The van der Waals surface area contributed by atoms with Crippen molar-refractivity contribution >= 4 is 11.8 Å². The van der Waals surface area contributed by atoms with Gasteiger partial charge >= 0.3 is 0 Å². The molecule has 0 heterocycles. The van der Waals surface area contributed by atoms with Crippen molar-refractivity contribution in [1.29, 1.82) is 0 Å². The number of primary amides is 1. The second-order valence-electron chi connectivity index (χ2n) is 6.17. The van der Waals surface area contributed by atoms with Crippen LogP contribution in [0.4, 0.5) is 0 Å². The number of carbonyl (C=O) groups is 2. The summed E-state index contributed by atoms with van der Waals surface area (Å²) in [5.41, 5.74) is 9.26. The van der Waals surface area contributed by atoms with Gasteiger partial charge in [0.1, 0.15) is 0 Å². The molecule has 1 atom stereocenters. The Hall–Kier alpha value is -3.40. The van der Waals surface area contributed by atoms with Gasteiger partial charge in [-0.05, 0) is 42.3 Å². The van der Waals surface area contributed by atoms with Gasteiger partial charge in [-0.15, -0.1) is 0 Å². The van der Waals surface area contributed by atoms with Crippen LogP contribution >= 0.6 is 0 Å². The van der Waals surface area contributed by atoms with Crippen molar-refractivity contribution < 1.29 is 9.59 Å². The van der Waals surface area contributed by atoms with Gasteiger partial charge in [0, 0.05) is 11.1 Å². The van der Waals surface area contributed by atoms with E-state index >= 15 is 0 Å². The molecule has 0 aliphatic carbocycles. The quantitative estimate of drug-likeness (QED) is 0.742. The van der Waals surface area contributed by atoms with Gasteiger partial charge in [0.25, 0.3) is 5.91 Å². The lowest BCUT2D eigenvalue weighted by atomic mass is 9.97. The first kappa shape index (κ1) is 17.4. The van der Waals surface area contributed by atoms with E-state index in [2.05, 4.69) is 5.32 Å². The summed E-state index contributed by atoms with van der Waals surface area (Å²) in [6, 6.07) is 24.0. The molecule has 3 aromatic carbocycles. The number of amides is 2. The van der Waals surface area contributed by atoms with E-state index in [4.69, 9.17) is 5.73 Å². The first-order valence-corrected chi connectivity index (χ1v) is 8.37. The van der Waals surface area contributed by atoms with Gasteiger partial charge in [0.05, 0.1) is 6.04 Å². The molecule has 4 nitrogen and oxygen atoms in total. The maximum atomic E-state index is 12.7. The fourth-order valence-corrected chi connectivity index (χ4v) is 2.76. The van der Waals surface area contributed by atoms with E-state index in [0.717, 1.165) is 16.7 Å². The average Bonchev–Trinajstić information content (AvgIpc) is 2.67. The van der Waals surface area contributed by atoms with Gasteiger partial charge in [-0.2, -0.15) is 0 Å². The first-order valence-electron chi connectivity index (χ1n) is 8.37. The number of nitrogens with two attached hydrogens (primary N) is 1. The Morgan fingerprint density at radius 1 is 0.769 bits per heavy atom. The summed E-state index contributed by atoms with van der Waals surface area (Å²) >= 11 is 0. The van der Waals surface area contributed by atoms with E-state index in [1.807, 2.05) is 61.5 Å². The molecule has 4 heteroatoms. The molecule has 0 bridgehead atoms. The predicted octanol–water partition coefficient (Wildman–Crippen LogP) is 3.61. The van der Waals surface area contributed by atoms with E-state index in [9.17, 15) is 9.59 Å². The highest BCUT2D eigenvalue weighted by Gasteiger charge is 2.18. The lowest BCUT2D eigenvalue weighted by molar-refractivity contribution is 0.0940. The minimum Gasteiger partial charge on any atom is -0.366 e. The number of carbonyl (C=O) groups excluding carboxylic acids is 2. The third kappa shape index (κ3) is 3.98. The Kier molecular flexibility index (Phi) is 5.13. The van der Waals surface area contributed by atoms with Gasteiger partial charge in [0.15, 0.2) is 0 Å². The number of hydrogen-bond acceptors (Lipinski definition) is 2. The zero-order valence-electron chi connectivity index (χ0n) is 14.5. The molecule has 3 aromatic rings. The molecule has 0 saturated carbocycles. The molecule has 130 valence electrons. The van der Waals surface area contributed by atoms with E-state index in [1.54, 1.807) is 24.3 Å². The molecule has 0 spiro atoms. The largest absolute Gasteiger partial charge is 0.366 e. The summed E-state index contributed by atoms with van der Waals surface area (Å²) in [5.74, 6) is -0.728. The summed E-state index contributed by atoms with van der Waals surface area (Å²) in [6.07, 6.45) is 0. The minimum atomic E-state index is -0.515. The molecular formula is C22H20N2O2. The predicted molar refractivity (Wildman–Crippen MR) is 102 cm³/mol. The number of benzene rings is 3. The average molecular weight is 344 g/mol. The third-order valence-corrected chi connectivity index (χ3v) is 4.25. The highest BCUT2D eigenvalue weighted by molar-refractivity contribution is 5.97. The Morgan fingerprint density at radius 2 is 1.31 bits per heavy atom. The summed E-state index contributed by atoms with van der Waals surface area (Å²) < 4.78 is 0. The smallest absolute Gasteiger partial charge is 0.252 e. The maximum Gasteiger partial charge on any atom is 0.252 e. The van der Waals surface area contributed by atoms with Crippen molar-refractivity contribution in [3.05, 3.63) is 107 Å². The molecule has 0 fully saturated rings. The summed E-state index contributed by atoms with van der Waals surface area (Å²) in [5, 5.41) is 3.08. The van der Waals surface area contributed by atoms with Crippen LogP contribution in [0.15, 0.2) is 78.9 Å². The second-order valence-corrected chi connectivity index (χ2v) is 6.17. The summed E-state index contributed by atoms with van der Waals surface area (Å²) in [4.78, 5) is 23.9. The fraction of sp³-hybridized carbons (Fsp3) is 0.0909. The van der Waals surface area contributed by atoms with Gasteiger partial charge in [-0.1, -0.05) is 60.2 Å². The van der Waals surface area contributed by atoms with Gasteiger partial charge < -0.3 is 11.1 Å². The zero-order valence-corrected chi connectivity index (χ0v) is 14.5. The number of rotatable bonds is 5. The molecule has 0 aromatic heterocycles. The molecule has 26 heavy (non-hydrogen) atoms. The number of aryl methyl sites for hydroxylation is 1. The molecular weight excluding hydrogens is 324 g/mol. The topological polar surface area (TPSA) is 72.2 Å². The van der Waals surface area contributed by atoms with Crippen LogP contribution in [0.1, 0.15) is 43.4 Å². The highest BCUT2D eigenvalue weighted by atomic mass is 16.2. The van der Waals surface area contributed by atoms with E-state index in [-0.39, 0.29) is 11.9 Å². The minimum absolute atomic E-state index is 0.213. The van der Waals surface area contributed by atoms with Crippen LogP contribution in [0.2, 0.25) is 0 Å². The SMILES string of the molecule is Cc1ccc(C(NC(=O)c2ccc(C(N)=O)cc2)c2ccccc2)cc1. The van der Waals surface area contributed by atoms with Crippen molar-refractivity contribution in [3.63, 3.8) is 0 Å². The van der Waals surface area contributed by atoms with Crippen LogP contribution in [0, 0.1) is 6.92 Å². The van der Waals surface area contributed by atoms with Gasteiger partial charge in [0.2, 0.25) is 5.91 Å². The third-order valence-electron chi connectivity index (χ3n) is 4.25. The first-order chi connectivity index (χ1) is 12.5. The van der Waals surface area contributed by atoms with Crippen LogP contribution in [0.5, 0.6) is 0 Å². The second kappa shape index (κ2) is 7.66. The van der Waals surface area contributed by atoms with Crippen LogP contribution in [0.3, 0.4) is 0 Å². The fourth-order valence-electron chi connectivity index (χ4n) is 2.76. The van der Waals surface area contributed by atoms with Crippen LogP contribution in [-0.2, 0) is 0 Å². The Labute approximate surface area is 152 Å². The van der Waals surface area contributed by atoms with Crippen LogP contribution in [0.25, 0.3) is 0 Å². The molecule has 0 aliphatic rings. The van der Waals surface area contributed by atoms with E-state index in [1.165, 1.54) is 0 Å². The molecule has 0 aliphatic heterocycles. The normalized spacial score (nSPS) is 11.6. The Balaban J connectivity index is 1.89. The Bertz CT molecular complexity index is 901. The van der Waals surface area contributed by atoms with Gasteiger partial charge in [-0.3, -0.25) is 9.59 Å². The zero-order chi connectivity index (χ0) is 18.5. The molecule has 0 saturated heterocycles.